The first-order chi connectivity index (χ1) is 12.7. The summed E-state index contributed by atoms with van der Waals surface area (Å²) in [7, 11) is 1.99. The van der Waals surface area contributed by atoms with Gasteiger partial charge in [-0.2, -0.15) is 0 Å². The van der Waals surface area contributed by atoms with Gasteiger partial charge in [-0.1, -0.05) is 36.4 Å². The van der Waals surface area contributed by atoms with Crippen LogP contribution in [0.2, 0.25) is 0 Å². The standard InChI is InChI=1S/C21H22N2O2S/c1-23(12-15-14-26-20-9-5-3-6-16(15)20)13-21(24)22-18-10-11-25-19-8-4-2-7-17(18)19/h2-9,14,18H,10-13H2,1H3,(H,22,24)/t18-/m1/s1. The molecule has 1 aromatic heterocycles. The average molecular weight is 366 g/mol. The molecule has 0 fully saturated rings. The molecule has 2 heterocycles. The Kier molecular flexibility index (Phi) is 4.91. The molecule has 5 heteroatoms. The summed E-state index contributed by atoms with van der Waals surface area (Å²) in [5.41, 5.74) is 2.34. The maximum atomic E-state index is 12.5. The van der Waals surface area contributed by atoms with Crippen molar-refractivity contribution in [2.45, 2.75) is 19.0 Å². The summed E-state index contributed by atoms with van der Waals surface area (Å²) in [5, 5.41) is 6.63. The Bertz CT molecular complexity index is 921. The Morgan fingerprint density at radius 2 is 2.04 bits per heavy atom. The van der Waals surface area contributed by atoms with Crippen LogP contribution < -0.4 is 10.1 Å². The molecule has 1 N–H and O–H groups in total. The van der Waals surface area contributed by atoms with Crippen molar-refractivity contribution in [2.75, 3.05) is 20.2 Å². The molecule has 134 valence electrons. The van der Waals surface area contributed by atoms with Crippen LogP contribution >= 0.6 is 11.3 Å². The van der Waals surface area contributed by atoms with Gasteiger partial charge in [0.2, 0.25) is 5.91 Å². The molecular weight excluding hydrogens is 344 g/mol. The van der Waals surface area contributed by atoms with E-state index in [-0.39, 0.29) is 11.9 Å². The molecule has 1 aliphatic rings. The molecule has 4 rings (SSSR count). The number of nitrogens with one attached hydrogen (secondary N) is 1. The fraction of sp³-hybridized carbons (Fsp3) is 0.286. The number of nitrogens with zero attached hydrogens (tertiary/aromatic N) is 1. The highest BCUT2D eigenvalue weighted by Crippen LogP contribution is 2.31. The molecule has 1 atom stereocenters. The summed E-state index contributed by atoms with van der Waals surface area (Å²) in [6.45, 7) is 1.78. The smallest absolute Gasteiger partial charge is 0.234 e. The van der Waals surface area contributed by atoms with Gasteiger partial charge in [-0.25, -0.2) is 0 Å². The Labute approximate surface area is 157 Å². The predicted molar refractivity (Wildman–Crippen MR) is 106 cm³/mol. The number of rotatable bonds is 5. The molecule has 0 saturated heterocycles. The number of carbonyl (C=O) groups excluding carboxylic acids is 1. The molecule has 2 aromatic carbocycles. The predicted octanol–water partition coefficient (Wildman–Crippen LogP) is 3.97. The summed E-state index contributed by atoms with van der Waals surface area (Å²) in [4.78, 5) is 14.6. The van der Waals surface area contributed by atoms with E-state index in [1.165, 1.54) is 15.6 Å². The number of para-hydroxylation sites is 1. The number of amides is 1. The Morgan fingerprint density at radius 3 is 2.96 bits per heavy atom. The van der Waals surface area contributed by atoms with Gasteiger partial charge in [-0.3, -0.25) is 9.69 Å². The highest BCUT2D eigenvalue weighted by molar-refractivity contribution is 7.17. The number of hydrogen-bond donors (Lipinski definition) is 1. The quantitative estimate of drug-likeness (QED) is 0.743. The van der Waals surface area contributed by atoms with Crippen molar-refractivity contribution in [1.29, 1.82) is 0 Å². The Morgan fingerprint density at radius 1 is 1.23 bits per heavy atom. The molecule has 0 radical (unpaired) electrons. The lowest BCUT2D eigenvalue weighted by atomic mass is 10.0. The van der Waals surface area contributed by atoms with Crippen molar-refractivity contribution < 1.29 is 9.53 Å². The molecular formula is C21H22N2O2S. The normalized spacial score (nSPS) is 16.3. The van der Waals surface area contributed by atoms with Gasteiger partial charge < -0.3 is 10.1 Å². The van der Waals surface area contributed by atoms with Crippen LogP contribution in [0.25, 0.3) is 10.1 Å². The number of likely N-dealkylation sites (N-methyl/N-ethyl adjacent to an activating group) is 1. The number of carbonyl (C=O) groups is 1. The van der Waals surface area contributed by atoms with Crippen molar-refractivity contribution in [3.05, 3.63) is 65.0 Å². The van der Waals surface area contributed by atoms with E-state index in [2.05, 4.69) is 39.9 Å². The maximum absolute atomic E-state index is 12.5. The van der Waals surface area contributed by atoms with Crippen LogP contribution in [0.5, 0.6) is 5.75 Å². The monoisotopic (exact) mass is 366 g/mol. The van der Waals surface area contributed by atoms with E-state index in [1.807, 2.05) is 31.3 Å². The molecule has 0 saturated carbocycles. The lowest BCUT2D eigenvalue weighted by Gasteiger charge is -2.27. The summed E-state index contributed by atoms with van der Waals surface area (Å²) in [5.74, 6) is 0.927. The van der Waals surface area contributed by atoms with E-state index in [1.54, 1.807) is 11.3 Å². The minimum atomic E-state index is 0.0304. The van der Waals surface area contributed by atoms with Gasteiger partial charge in [0.15, 0.2) is 0 Å². The van der Waals surface area contributed by atoms with E-state index in [4.69, 9.17) is 4.74 Å². The van der Waals surface area contributed by atoms with Gasteiger partial charge >= 0.3 is 0 Å². The lowest BCUT2D eigenvalue weighted by Crippen LogP contribution is -2.38. The molecule has 1 aliphatic heterocycles. The third-order valence-electron chi connectivity index (χ3n) is 4.71. The van der Waals surface area contributed by atoms with Gasteiger partial charge in [0.05, 0.1) is 19.2 Å². The average Bonchev–Trinajstić information content (AvgIpc) is 3.05. The Balaban J connectivity index is 1.38. The van der Waals surface area contributed by atoms with E-state index in [9.17, 15) is 4.79 Å². The van der Waals surface area contributed by atoms with Crippen LogP contribution in [0.3, 0.4) is 0 Å². The first-order valence-electron chi connectivity index (χ1n) is 8.85. The maximum Gasteiger partial charge on any atom is 0.234 e. The van der Waals surface area contributed by atoms with E-state index >= 15 is 0 Å². The minimum Gasteiger partial charge on any atom is -0.493 e. The number of benzene rings is 2. The SMILES string of the molecule is CN(CC(=O)N[C@@H]1CCOc2ccccc21)Cc1csc2ccccc12. The Hall–Kier alpha value is -2.37. The third-order valence-corrected chi connectivity index (χ3v) is 5.72. The summed E-state index contributed by atoms with van der Waals surface area (Å²) in [6, 6.07) is 16.4. The summed E-state index contributed by atoms with van der Waals surface area (Å²) in [6.07, 6.45) is 0.807. The van der Waals surface area contributed by atoms with Gasteiger partial charge in [-0.05, 0) is 35.5 Å². The molecule has 1 amide bonds. The fourth-order valence-electron chi connectivity index (χ4n) is 3.48. The summed E-state index contributed by atoms with van der Waals surface area (Å²) < 4.78 is 6.96. The van der Waals surface area contributed by atoms with E-state index in [0.29, 0.717) is 13.2 Å². The highest BCUT2D eigenvalue weighted by atomic mass is 32.1. The second-order valence-electron chi connectivity index (χ2n) is 6.72. The molecule has 0 aliphatic carbocycles. The van der Waals surface area contributed by atoms with Crippen LogP contribution in [0, 0.1) is 0 Å². The van der Waals surface area contributed by atoms with Crippen molar-refractivity contribution in [3.63, 3.8) is 0 Å². The van der Waals surface area contributed by atoms with Crippen LogP contribution in [0.15, 0.2) is 53.9 Å². The zero-order chi connectivity index (χ0) is 17.9. The number of hydrogen-bond acceptors (Lipinski definition) is 4. The van der Waals surface area contributed by atoms with Crippen LogP contribution in [-0.4, -0.2) is 31.0 Å². The van der Waals surface area contributed by atoms with Gasteiger partial charge in [-0.15, -0.1) is 11.3 Å². The zero-order valence-corrected chi connectivity index (χ0v) is 15.6. The molecule has 26 heavy (non-hydrogen) atoms. The zero-order valence-electron chi connectivity index (χ0n) is 14.8. The minimum absolute atomic E-state index is 0.0304. The number of fused-ring (bicyclic) bond motifs is 2. The van der Waals surface area contributed by atoms with Crippen molar-refractivity contribution in [2.24, 2.45) is 0 Å². The number of thiophene rings is 1. The molecule has 0 bridgehead atoms. The van der Waals surface area contributed by atoms with Crippen molar-refractivity contribution >= 4 is 27.3 Å². The van der Waals surface area contributed by atoms with Crippen LogP contribution in [0.4, 0.5) is 0 Å². The molecule has 0 spiro atoms. The third kappa shape index (κ3) is 3.59. The second kappa shape index (κ2) is 7.48. The lowest BCUT2D eigenvalue weighted by molar-refractivity contribution is -0.123. The first-order valence-corrected chi connectivity index (χ1v) is 9.73. The fourth-order valence-corrected chi connectivity index (χ4v) is 4.43. The van der Waals surface area contributed by atoms with Crippen molar-refractivity contribution in [1.82, 2.24) is 10.2 Å². The number of ether oxygens (including phenoxy) is 1. The van der Waals surface area contributed by atoms with E-state index in [0.717, 1.165) is 24.3 Å². The first kappa shape index (κ1) is 17.1. The topological polar surface area (TPSA) is 41.6 Å². The second-order valence-corrected chi connectivity index (χ2v) is 7.64. The van der Waals surface area contributed by atoms with Crippen LogP contribution in [0.1, 0.15) is 23.6 Å². The van der Waals surface area contributed by atoms with Crippen molar-refractivity contribution in [3.8, 4) is 5.75 Å². The molecule has 3 aromatic rings. The van der Waals surface area contributed by atoms with Gasteiger partial charge in [0.25, 0.3) is 0 Å². The van der Waals surface area contributed by atoms with Gasteiger partial charge in [0.1, 0.15) is 5.75 Å². The summed E-state index contributed by atoms with van der Waals surface area (Å²) >= 11 is 1.75. The van der Waals surface area contributed by atoms with Crippen LogP contribution in [-0.2, 0) is 11.3 Å². The van der Waals surface area contributed by atoms with E-state index < -0.39 is 0 Å². The van der Waals surface area contributed by atoms with Gasteiger partial charge in [0, 0.05) is 23.2 Å². The highest BCUT2D eigenvalue weighted by Gasteiger charge is 2.23. The molecule has 0 unspecified atom stereocenters. The molecule has 4 nitrogen and oxygen atoms in total. The largest absolute Gasteiger partial charge is 0.493 e.